The number of terminal acetylenes is 1. The van der Waals surface area contributed by atoms with Crippen molar-refractivity contribution < 1.29 is 9.59 Å². The van der Waals surface area contributed by atoms with E-state index in [2.05, 4.69) is 10.9 Å². The predicted molar refractivity (Wildman–Crippen MR) is 56.4 cm³/mol. The molecule has 15 heavy (non-hydrogen) atoms. The zero-order chi connectivity index (χ0) is 11.1. The van der Waals surface area contributed by atoms with Crippen LogP contribution in [0.5, 0.6) is 0 Å². The third-order valence-corrected chi connectivity index (χ3v) is 1.96. The van der Waals surface area contributed by atoms with Crippen LogP contribution in [0.15, 0.2) is 18.3 Å². The molecular weight excluding hydrogens is 190 g/mol. The third kappa shape index (κ3) is 3.74. The summed E-state index contributed by atoms with van der Waals surface area (Å²) in [6, 6.07) is 3.42. The first-order chi connectivity index (χ1) is 7.26. The van der Waals surface area contributed by atoms with Crippen molar-refractivity contribution in [1.82, 2.24) is 4.98 Å². The lowest BCUT2D eigenvalue weighted by atomic mass is 10.1. The van der Waals surface area contributed by atoms with Gasteiger partial charge in [-0.15, -0.1) is 6.42 Å². The molecule has 0 aliphatic rings. The Morgan fingerprint density at radius 1 is 1.53 bits per heavy atom. The summed E-state index contributed by atoms with van der Waals surface area (Å²) in [7, 11) is 0. The van der Waals surface area contributed by atoms with Crippen LogP contribution in [0.1, 0.15) is 28.9 Å². The molecule has 0 amide bonds. The van der Waals surface area contributed by atoms with Crippen molar-refractivity contribution in [2.45, 2.75) is 19.3 Å². The summed E-state index contributed by atoms with van der Waals surface area (Å²) in [6.45, 7) is 0. The van der Waals surface area contributed by atoms with Crippen LogP contribution in [0.2, 0.25) is 0 Å². The Morgan fingerprint density at radius 3 is 2.87 bits per heavy atom. The van der Waals surface area contributed by atoms with E-state index in [9.17, 15) is 9.59 Å². The number of carbonyl (C=O) groups excluding carboxylic acids is 2. The largest absolute Gasteiger partial charge is 0.299 e. The zero-order valence-corrected chi connectivity index (χ0v) is 8.27. The Bertz CT molecular complexity index is 387. The molecule has 0 unspecified atom stereocenters. The van der Waals surface area contributed by atoms with E-state index < -0.39 is 0 Å². The summed E-state index contributed by atoms with van der Waals surface area (Å²) in [5.74, 6) is 2.36. The highest BCUT2D eigenvalue weighted by Gasteiger charge is 2.01. The quantitative estimate of drug-likeness (QED) is 0.534. The van der Waals surface area contributed by atoms with E-state index in [1.807, 2.05) is 0 Å². The van der Waals surface area contributed by atoms with Gasteiger partial charge in [-0.25, -0.2) is 0 Å². The minimum absolute atomic E-state index is 0.0527. The monoisotopic (exact) mass is 201 g/mol. The van der Waals surface area contributed by atoms with Crippen molar-refractivity contribution >= 4 is 12.1 Å². The number of nitrogens with zero attached hydrogens (tertiary/aromatic N) is 1. The lowest BCUT2D eigenvalue weighted by Gasteiger charge is -1.98. The van der Waals surface area contributed by atoms with Gasteiger partial charge >= 0.3 is 0 Å². The lowest BCUT2D eigenvalue weighted by molar-refractivity contribution is -0.118. The number of carbonyl (C=O) groups is 2. The van der Waals surface area contributed by atoms with Crippen LogP contribution in [-0.4, -0.2) is 17.1 Å². The van der Waals surface area contributed by atoms with Crippen LogP contribution >= 0.6 is 0 Å². The van der Waals surface area contributed by atoms with Gasteiger partial charge in [0.1, 0.15) is 11.5 Å². The number of Topliss-reactive ketones (excluding diaryl/α,β-unsaturated/α-hetero) is 1. The second kappa shape index (κ2) is 5.71. The molecule has 0 spiro atoms. The highest BCUT2D eigenvalue weighted by Crippen LogP contribution is 2.03. The van der Waals surface area contributed by atoms with E-state index in [-0.39, 0.29) is 12.2 Å². The highest BCUT2D eigenvalue weighted by atomic mass is 16.1. The van der Waals surface area contributed by atoms with E-state index in [0.717, 1.165) is 5.56 Å². The van der Waals surface area contributed by atoms with Gasteiger partial charge in [0, 0.05) is 12.6 Å². The summed E-state index contributed by atoms with van der Waals surface area (Å²) in [5, 5.41) is 0. The van der Waals surface area contributed by atoms with Gasteiger partial charge in [-0.3, -0.25) is 14.6 Å². The number of pyridine rings is 1. The van der Waals surface area contributed by atoms with E-state index >= 15 is 0 Å². The zero-order valence-electron chi connectivity index (χ0n) is 8.27. The van der Waals surface area contributed by atoms with Crippen molar-refractivity contribution in [2.24, 2.45) is 0 Å². The Labute approximate surface area is 88.5 Å². The maximum absolute atomic E-state index is 11.1. The van der Waals surface area contributed by atoms with Crippen molar-refractivity contribution in [2.75, 3.05) is 0 Å². The molecule has 1 heterocycles. The topological polar surface area (TPSA) is 47.0 Å². The summed E-state index contributed by atoms with van der Waals surface area (Å²) < 4.78 is 0. The summed E-state index contributed by atoms with van der Waals surface area (Å²) in [6.07, 6.45) is 8.53. The molecule has 1 rings (SSSR count). The molecule has 0 aliphatic carbocycles. The van der Waals surface area contributed by atoms with Gasteiger partial charge in [0.05, 0.1) is 6.42 Å². The SMILES string of the molecule is C#CCC(=O)CCc1ccc(C=O)nc1. The molecule has 0 radical (unpaired) electrons. The van der Waals surface area contributed by atoms with Gasteiger partial charge < -0.3 is 0 Å². The fourth-order valence-corrected chi connectivity index (χ4v) is 1.14. The molecular formula is C12H11NO2. The van der Waals surface area contributed by atoms with E-state index in [4.69, 9.17) is 6.42 Å². The molecule has 0 aliphatic heterocycles. The van der Waals surface area contributed by atoms with Gasteiger partial charge in [0.15, 0.2) is 6.29 Å². The molecule has 0 fully saturated rings. The molecule has 1 aromatic heterocycles. The van der Waals surface area contributed by atoms with Gasteiger partial charge in [0.2, 0.25) is 0 Å². The van der Waals surface area contributed by atoms with Crippen LogP contribution in [0.4, 0.5) is 0 Å². The van der Waals surface area contributed by atoms with E-state index in [1.165, 1.54) is 0 Å². The predicted octanol–water partition coefficient (Wildman–Crippen LogP) is 1.42. The standard InChI is InChI=1S/C12H11NO2/c1-2-3-12(15)7-5-10-4-6-11(9-14)13-8-10/h1,4,6,8-9H,3,5,7H2. The molecule has 0 saturated heterocycles. The van der Waals surface area contributed by atoms with Gasteiger partial charge in [-0.2, -0.15) is 0 Å². The average Bonchev–Trinajstić information content (AvgIpc) is 2.27. The normalized spacial score (nSPS) is 9.27. The molecule has 0 atom stereocenters. The number of rotatable bonds is 5. The van der Waals surface area contributed by atoms with Crippen LogP contribution in [0.25, 0.3) is 0 Å². The number of hydrogen-bond acceptors (Lipinski definition) is 3. The molecule has 3 nitrogen and oxygen atoms in total. The Morgan fingerprint density at radius 2 is 2.33 bits per heavy atom. The van der Waals surface area contributed by atoms with Crippen molar-refractivity contribution in [3.8, 4) is 12.3 Å². The summed E-state index contributed by atoms with van der Waals surface area (Å²) >= 11 is 0. The van der Waals surface area contributed by atoms with Crippen molar-refractivity contribution in [1.29, 1.82) is 0 Å². The first kappa shape index (κ1) is 11.1. The van der Waals surface area contributed by atoms with E-state index in [1.54, 1.807) is 18.3 Å². The van der Waals surface area contributed by atoms with Crippen LogP contribution < -0.4 is 0 Å². The van der Waals surface area contributed by atoms with Crippen molar-refractivity contribution in [3.63, 3.8) is 0 Å². The number of ketones is 1. The first-order valence-corrected chi connectivity index (χ1v) is 4.61. The molecule has 1 aromatic rings. The summed E-state index contributed by atoms with van der Waals surface area (Å²) in [4.78, 5) is 25.4. The highest BCUT2D eigenvalue weighted by molar-refractivity contribution is 5.80. The number of aldehydes is 1. The molecule has 3 heteroatoms. The molecule has 0 N–H and O–H groups in total. The number of aryl methyl sites for hydroxylation is 1. The minimum Gasteiger partial charge on any atom is -0.299 e. The fraction of sp³-hybridized carbons (Fsp3) is 0.250. The van der Waals surface area contributed by atoms with Crippen LogP contribution in [0.3, 0.4) is 0 Å². The number of aromatic nitrogens is 1. The average molecular weight is 201 g/mol. The van der Waals surface area contributed by atoms with Crippen LogP contribution in [-0.2, 0) is 11.2 Å². The molecule has 0 aromatic carbocycles. The second-order valence-corrected chi connectivity index (χ2v) is 3.13. The van der Waals surface area contributed by atoms with Crippen LogP contribution in [0, 0.1) is 12.3 Å². The van der Waals surface area contributed by atoms with Crippen molar-refractivity contribution in [3.05, 3.63) is 29.6 Å². The Balaban J connectivity index is 2.48. The smallest absolute Gasteiger partial charge is 0.168 e. The summed E-state index contributed by atoms with van der Waals surface area (Å²) in [5.41, 5.74) is 1.33. The van der Waals surface area contributed by atoms with Gasteiger partial charge in [0.25, 0.3) is 0 Å². The Hall–Kier alpha value is -1.95. The van der Waals surface area contributed by atoms with Gasteiger partial charge in [-0.05, 0) is 18.1 Å². The molecule has 76 valence electrons. The maximum Gasteiger partial charge on any atom is 0.168 e. The minimum atomic E-state index is 0.0527. The Kier molecular flexibility index (Phi) is 4.24. The molecule has 0 bridgehead atoms. The molecule has 0 saturated carbocycles. The third-order valence-electron chi connectivity index (χ3n) is 1.96. The maximum atomic E-state index is 11.1. The second-order valence-electron chi connectivity index (χ2n) is 3.13. The number of hydrogen-bond donors (Lipinski definition) is 0. The lowest BCUT2D eigenvalue weighted by Crippen LogP contribution is -1.99. The van der Waals surface area contributed by atoms with Gasteiger partial charge in [-0.1, -0.05) is 12.0 Å². The van der Waals surface area contributed by atoms with E-state index in [0.29, 0.717) is 24.8 Å². The first-order valence-electron chi connectivity index (χ1n) is 4.61. The fourth-order valence-electron chi connectivity index (χ4n) is 1.14.